The number of nitrogens with zero attached hydrogens (tertiary/aromatic N) is 2. The zero-order chi connectivity index (χ0) is 21.3. The van der Waals surface area contributed by atoms with Crippen molar-refractivity contribution in [3.63, 3.8) is 0 Å². The molecule has 2 aromatic carbocycles. The summed E-state index contributed by atoms with van der Waals surface area (Å²) < 4.78 is 10.7. The fourth-order valence-corrected chi connectivity index (χ4v) is 4.11. The molecule has 1 aromatic heterocycles. The molecular formula is C23H24ClN3O3. The second-order valence-corrected chi connectivity index (χ2v) is 7.72. The van der Waals surface area contributed by atoms with E-state index in [1.807, 2.05) is 41.3 Å². The number of pyridine rings is 1. The first-order valence-corrected chi connectivity index (χ1v) is 10.2. The summed E-state index contributed by atoms with van der Waals surface area (Å²) in [7, 11) is 3.25. The first-order valence-electron chi connectivity index (χ1n) is 9.81. The topological polar surface area (TPSA) is 63.7 Å². The van der Waals surface area contributed by atoms with Gasteiger partial charge in [-0.2, -0.15) is 0 Å². The van der Waals surface area contributed by atoms with Gasteiger partial charge in [-0.05, 0) is 35.9 Å². The maximum absolute atomic E-state index is 12.0. The van der Waals surface area contributed by atoms with E-state index in [4.69, 9.17) is 26.1 Å². The second-order valence-electron chi connectivity index (χ2n) is 7.31. The van der Waals surface area contributed by atoms with Gasteiger partial charge in [0.05, 0.1) is 30.4 Å². The van der Waals surface area contributed by atoms with Crippen molar-refractivity contribution in [1.29, 1.82) is 0 Å². The van der Waals surface area contributed by atoms with E-state index >= 15 is 0 Å². The molecule has 0 atom stereocenters. The van der Waals surface area contributed by atoms with Gasteiger partial charge in [0.1, 0.15) is 11.5 Å². The molecule has 3 aromatic rings. The van der Waals surface area contributed by atoms with Gasteiger partial charge >= 0.3 is 0 Å². The van der Waals surface area contributed by atoms with E-state index in [0.717, 1.165) is 45.6 Å². The van der Waals surface area contributed by atoms with Gasteiger partial charge in [-0.25, -0.2) is 0 Å². The maximum Gasteiger partial charge on any atom is 0.219 e. The van der Waals surface area contributed by atoms with Crippen molar-refractivity contribution in [3.8, 4) is 11.5 Å². The third-order valence-corrected chi connectivity index (χ3v) is 5.77. The number of carbonyl (C=O) groups is 1. The van der Waals surface area contributed by atoms with E-state index in [9.17, 15) is 4.79 Å². The van der Waals surface area contributed by atoms with Crippen LogP contribution in [0.2, 0.25) is 5.02 Å². The summed E-state index contributed by atoms with van der Waals surface area (Å²) in [5, 5.41) is 5.12. The number of amides is 1. The predicted molar refractivity (Wildman–Crippen MR) is 118 cm³/mol. The zero-order valence-electron chi connectivity index (χ0n) is 17.3. The first-order chi connectivity index (χ1) is 14.5. The van der Waals surface area contributed by atoms with E-state index in [1.165, 1.54) is 0 Å². The van der Waals surface area contributed by atoms with Gasteiger partial charge in [-0.1, -0.05) is 17.7 Å². The molecule has 0 fully saturated rings. The molecule has 0 saturated heterocycles. The molecule has 30 heavy (non-hydrogen) atoms. The first kappa shape index (κ1) is 20.3. The van der Waals surface area contributed by atoms with Gasteiger partial charge in [-0.3, -0.25) is 9.78 Å². The lowest BCUT2D eigenvalue weighted by Crippen LogP contribution is -2.35. The lowest BCUT2D eigenvalue weighted by molar-refractivity contribution is -0.129. The van der Waals surface area contributed by atoms with E-state index in [1.54, 1.807) is 21.1 Å². The zero-order valence-corrected chi connectivity index (χ0v) is 18.0. The van der Waals surface area contributed by atoms with E-state index < -0.39 is 0 Å². The van der Waals surface area contributed by atoms with E-state index in [0.29, 0.717) is 30.4 Å². The highest BCUT2D eigenvalue weighted by atomic mass is 35.5. The van der Waals surface area contributed by atoms with Crippen LogP contribution in [0.4, 0.5) is 5.69 Å². The van der Waals surface area contributed by atoms with Crippen LogP contribution in [0.25, 0.3) is 10.9 Å². The number of carbonyl (C=O) groups excluding carboxylic acids is 1. The fraction of sp³-hybridized carbons (Fsp3) is 0.304. The van der Waals surface area contributed by atoms with Gasteiger partial charge in [0.2, 0.25) is 5.91 Å². The molecule has 0 saturated carbocycles. The number of anilines is 1. The Morgan fingerprint density at radius 3 is 2.73 bits per heavy atom. The van der Waals surface area contributed by atoms with Crippen molar-refractivity contribution >= 4 is 34.1 Å². The van der Waals surface area contributed by atoms with Gasteiger partial charge < -0.3 is 19.7 Å². The highest BCUT2D eigenvalue weighted by Gasteiger charge is 2.24. The number of hydrogen-bond donors (Lipinski definition) is 1. The molecule has 0 bridgehead atoms. The number of ether oxygens (including phenoxy) is 2. The molecule has 4 rings (SSSR count). The molecule has 0 spiro atoms. The Bertz CT molecular complexity index is 1120. The monoisotopic (exact) mass is 425 g/mol. The predicted octanol–water partition coefficient (Wildman–Crippen LogP) is 4.42. The van der Waals surface area contributed by atoms with Crippen LogP contribution >= 0.6 is 11.6 Å². The Labute approximate surface area is 180 Å². The number of aromatic nitrogens is 1. The summed E-state index contributed by atoms with van der Waals surface area (Å²) in [4.78, 5) is 18.7. The third-order valence-electron chi connectivity index (χ3n) is 5.48. The number of hydrogen-bond acceptors (Lipinski definition) is 5. The summed E-state index contributed by atoms with van der Waals surface area (Å²) in [5.41, 5.74) is 4.99. The van der Waals surface area contributed by atoms with Crippen molar-refractivity contribution < 1.29 is 14.3 Å². The Hall–Kier alpha value is -2.99. The van der Waals surface area contributed by atoms with Crippen molar-refractivity contribution in [2.75, 3.05) is 26.1 Å². The molecule has 6 nitrogen and oxygen atoms in total. The van der Waals surface area contributed by atoms with Crippen LogP contribution in [-0.4, -0.2) is 36.6 Å². The molecular weight excluding hydrogens is 402 g/mol. The van der Waals surface area contributed by atoms with Crippen LogP contribution in [0, 0.1) is 0 Å². The molecule has 7 heteroatoms. The van der Waals surface area contributed by atoms with Crippen molar-refractivity contribution in [3.05, 3.63) is 58.2 Å². The molecule has 1 aliphatic rings. The number of methoxy groups -OCH3 is 2. The SMILES string of the molecule is COc1ccc2nc3c(c(NCc4ccc(OC)c(Cl)c4)c2c1)CN(C(C)=O)CC3. The normalized spacial score (nSPS) is 13.1. The minimum Gasteiger partial charge on any atom is -0.497 e. The summed E-state index contributed by atoms with van der Waals surface area (Å²) in [5.74, 6) is 1.48. The van der Waals surface area contributed by atoms with Gasteiger partial charge in [-0.15, -0.1) is 0 Å². The summed E-state index contributed by atoms with van der Waals surface area (Å²) in [6.45, 7) is 3.41. The average molecular weight is 426 g/mol. The quantitative estimate of drug-likeness (QED) is 0.655. The second kappa shape index (κ2) is 8.40. The Morgan fingerprint density at radius 1 is 1.20 bits per heavy atom. The van der Waals surface area contributed by atoms with Crippen molar-refractivity contribution in [2.45, 2.75) is 26.4 Å². The number of nitrogens with one attached hydrogen (secondary N) is 1. The van der Waals surface area contributed by atoms with Crippen LogP contribution in [0.15, 0.2) is 36.4 Å². The van der Waals surface area contributed by atoms with Crippen molar-refractivity contribution in [1.82, 2.24) is 9.88 Å². The molecule has 1 amide bonds. The largest absolute Gasteiger partial charge is 0.497 e. The number of rotatable bonds is 5. The number of halogens is 1. The van der Waals surface area contributed by atoms with Crippen LogP contribution in [0.5, 0.6) is 11.5 Å². The minimum absolute atomic E-state index is 0.0688. The molecule has 1 aliphatic heterocycles. The molecule has 0 radical (unpaired) electrons. The number of benzene rings is 2. The minimum atomic E-state index is 0.0688. The van der Waals surface area contributed by atoms with Crippen molar-refractivity contribution in [2.24, 2.45) is 0 Å². The van der Waals surface area contributed by atoms with Crippen LogP contribution < -0.4 is 14.8 Å². The van der Waals surface area contributed by atoms with Crippen LogP contribution in [-0.2, 0) is 24.3 Å². The smallest absolute Gasteiger partial charge is 0.219 e. The van der Waals surface area contributed by atoms with Gasteiger partial charge in [0, 0.05) is 49.6 Å². The Balaban J connectivity index is 1.76. The summed E-state index contributed by atoms with van der Waals surface area (Å²) in [6, 6.07) is 11.6. The van der Waals surface area contributed by atoms with E-state index in [-0.39, 0.29) is 5.91 Å². The molecule has 0 unspecified atom stereocenters. The Morgan fingerprint density at radius 2 is 2.03 bits per heavy atom. The molecule has 1 N–H and O–H groups in total. The lowest BCUT2D eigenvalue weighted by Gasteiger charge is -2.30. The number of fused-ring (bicyclic) bond motifs is 2. The standard InChI is InChI=1S/C23H24ClN3O3/c1-14(28)27-9-8-21-18(13-27)23(17-11-16(29-2)5-6-20(17)26-21)25-12-15-4-7-22(30-3)19(24)10-15/h4-7,10-11H,8-9,12-13H2,1-3H3,(H,25,26). The highest BCUT2D eigenvalue weighted by Crippen LogP contribution is 2.35. The van der Waals surface area contributed by atoms with Gasteiger partial charge in [0.15, 0.2) is 0 Å². The van der Waals surface area contributed by atoms with E-state index in [2.05, 4.69) is 5.32 Å². The summed E-state index contributed by atoms with van der Waals surface area (Å²) >= 11 is 6.29. The van der Waals surface area contributed by atoms with Gasteiger partial charge in [0.25, 0.3) is 0 Å². The van der Waals surface area contributed by atoms with Crippen LogP contribution in [0.1, 0.15) is 23.7 Å². The molecule has 0 aliphatic carbocycles. The molecule has 156 valence electrons. The highest BCUT2D eigenvalue weighted by molar-refractivity contribution is 6.32. The maximum atomic E-state index is 12.0. The lowest BCUT2D eigenvalue weighted by atomic mass is 9.99. The Kier molecular flexibility index (Phi) is 5.68. The fourth-order valence-electron chi connectivity index (χ4n) is 3.83. The third kappa shape index (κ3) is 3.87. The molecule has 2 heterocycles. The summed E-state index contributed by atoms with van der Waals surface area (Å²) in [6.07, 6.45) is 0.736. The van der Waals surface area contributed by atoms with Crippen LogP contribution in [0.3, 0.4) is 0 Å². The average Bonchev–Trinajstić information content (AvgIpc) is 2.76.